The van der Waals surface area contributed by atoms with Gasteiger partial charge >= 0.3 is 5.97 Å². The minimum absolute atomic E-state index is 0.0475. The summed E-state index contributed by atoms with van der Waals surface area (Å²) in [5, 5.41) is 0. The van der Waals surface area contributed by atoms with E-state index in [-0.39, 0.29) is 11.2 Å². The summed E-state index contributed by atoms with van der Waals surface area (Å²) in [6.45, 7) is 1.59. The lowest BCUT2D eigenvalue weighted by Crippen LogP contribution is -2.20. The molecule has 0 saturated heterocycles. The van der Waals surface area contributed by atoms with Gasteiger partial charge in [0.25, 0.3) is 12.0 Å². The van der Waals surface area contributed by atoms with E-state index in [1.165, 1.54) is 0 Å². The van der Waals surface area contributed by atoms with E-state index in [4.69, 9.17) is 0 Å². The zero-order valence-corrected chi connectivity index (χ0v) is 9.81. The fourth-order valence-electron chi connectivity index (χ4n) is 1.13. The highest BCUT2D eigenvalue weighted by Crippen LogP contribution is 2.21. The molecule has 0 unspecified atom stereocenters. The number of pyridine rings is 1. The third kappa shape index (κ3) is 2.66. The molecule has 0 bridgehead atoms. The van der Waals surface area contributed by atoms with Crippen LogP contribution in [0.4, 0.5) is 8.78 Å². The van der Waals surface area contributed by atoms with Crippen LogP contribution in [-0.2, 0) is 4.74 Å². The first-order valence-corrected chi connectivity index (χ1v) is 5.14. The Morgan fingerprint density at radius 1 is 1.62 bits per heavy atom. The Labute approximate surface area is 97.7 Å². The maximum absolute atomic E-state index is 12.6. The summed E-state index contributed by atoms with van der Waals surface area (Å²) in [4.78, 5) is 24.7. The summed E-state index contributed by atoms with van der Waals surface area (Å²) in [5.74, 6) is -0.940. The summed E-state index contributed by atoms with van der Waals surface area (Å²) >= 11 is 2.91. The van der Waals surface area contributed by atoms with Crippen molar-refractivity contribution >= 4 is 21.9 Å². The van der Waals surface area contributed by atoms with Crippen LogP contribution in [0.3, 0.4) is 0 Å². The van der Waals surface area contributed by atoms with Gasteiger partial charge in [-0.25, -0.2) is 13.6 Å². The normalized spacial score (nSPS) is 10.6. The van der Waals surface area contributed by atoms with E-state index in [2.05, 4.69) is 25.7 Å². The largest absolute Gasteiger partial charge is 0.462 e. The Hall–Kier alpha value is -1.24. The predicted octanol–water partition coefficient (Wildman–Crippen LogP) is 2.25. The number of carbonyl (C=O) groups excluding carboxylic acids is 1. The SMILES string of the molecule is CCOC(=O)c1cc(Br)[nH]c(=O)c1C(F)F. The molecule has 0 aromatic carbocycles. The second-order valence-electron chi connectivity index (χ2n) is 2.79. The van der Waals surface area contributed by atoms with Crippen LogP contribution >= 0.6 is 15.9 Å². The van der Waals surface area contributed by atoms with Gasteiger partial charge in [-0.1, -0.05) is 0 Å². The van der Waals surface area contributed by atoms with E-state index in [1.54, 1.807) is 6.92 Å². The van der Waals surface area contributed by atoms with Crippen LogP contribution in [0, 0.1) is 0 Å². The highest BCUT2D eigenvalue weighted by atomic mass is 79.9. The van der Waals surface area contributed by atoms with Gasteiger partial charge in [-0.05, 0) is 28.9 Å². The smallest absolute Gasteiger partial charge is 0.338 e. The highest BCUT2D eigenvalue weighted by Gasteiger charge is 2.23. The van der Waals surface area contributed by atoms with E-state index in [0.717, 1.165) is 6.07 Å². The van der Waals surface area contributed by atoms with E-state index in [1.807, 2.05) is 0 Å². The van der Waals surface area contributed by atoms with Crippen LogP contribution in [0.15, 0.2) is 15.5 Å². The van der Waals surface area contributed by atoms with Crippen molar-refractivity contribution < 1.29 is 18.3 Å². The van der Waals surface area contributed by atoms with Crippen molar-refractivity contribution in [2.45, 2.75) is 13.3 Å². The minimum Gasteiger partial charge on any atom is -0.462 e. The molecule has 0 amide bonds. The molecule has 0 radical (unpaired) electrons. The predicted molar refractivity (Wildman–Crippen MR) is 55.7 cm³/mol. The summed E-state index contributed by atoms with van der Waals surface area (Å²) in [6, 6.07) is 1.10. The number of aromatic nitrogens is 1. The average Bonchev–Trinajstić information content (AvgIpc) is 2.15. The van der Waals surface area contributed by atoms with Gasteiger partial charge in [0.05, 0.1) is 22.3 Å². The third-order valence-electron chi connectivity index (χ3n) is 1.75. The second-order valence-corrected chi connectivity index (χ2v) is 3.65. The van der Waals surface area contributed by atoms with Crippen LogP contribution in [0.2, 0.25) is 0 Å². The lowest BCUT2D eigenvalue weighted by Gasteiger charge is -2.07. The first-order chi connectivity index (χ1) is 7.47. The summed E-state index contributed by atoms with van der Waals surface area (Å²) < 4.78 is 29.9. The molecule has 1 rings (SSSR count). The molecule has 0 aliphatic carbocycles. The molecule has 1 aromatic rings. The van der Waals surface area contributed by atoms with Crippen LogP contribution in [0.5, 0.6) is 0 Å². The highest BCUT2D eigenvalue weighted by molar-refractivity contribution is 9.10. The molecule has 0 aliphatic heterocycles. The lowest BCUT2D eigenvalue weighted by atomic mass is 10.1. The number of hydrogen-bond donors (Lipinski definition) is 1. The van der Waals surface area contributed by atoms with Crippen molar-refractivity contribution in [3.05, 3.63) is 32.2 Å². The molecular weight excluding hydrogens is 288 g/mol. The second kappa shape index (κ2) is 5.20. The molecule has 1 N–H and O–H groups in total. The monoisotopic (exact) mass is 295 g/mol. The van der Waals surface area contributed by atoms with E-state index in [0.29, 0.717) is 0 Å². The maximum atomic E-state index is 12.6. The molecule has 0 atom stereocenters. The maximum Gasteiger partial charge on any atom is 0.338 e. The number of aromatic amines is 1. The van der Waals surface area contributed by atoms with Crippen molar-refractivity contribution in [3.8, 4) is 0 Å². The van der Waals surface area contributed by atoms with Crippen LogP contribution in [0.1, 0.15) is 29.3 Å². The molecule has 16 heavy (non-hydrogen) atoms. The van der Waals surface area contributed by atoms with Gasteiger partial charge in [0, 0.05) is 0 Å². The molecule has 7 heteroatoms. The first-order valence-electron chi connectivity index (χ1n) is 4.35. The number of halogens is 3. The molecule has 0 spiro atoms. The van der Waals surface area contributed by atoms with Gasteiger partial charge in [-0.2, -0.15) is 0 Å². The number of nitrogens with one attached hydrogen (secondary N) is 1. The Bertz CT molecular complexity index is 459. The van der Waals surface area contributed by atoms with Gasteiger partial charge in [0.1, 0.15) is 0 Å². The molecule has 4 nitrogen and oxygen atoms in total. The van der Waals surface area contributed by atoms with Crippen LogP contribution < -0.4 is 5.56 Å². The van der Waals surface area contributed by atoms with Crippen molar-refractivity contribution in [3.63, 3.8) is 0 Å². The number of rotatable bonds is 3. The van der Waals surface area contributed by atoms with Crippen LogP contribution in [-0.4, -0.2) is 17.6 Å². The molecule has 0 fully saturated rings. The molecule has 0 saturated carbocycles. The number of alkyl halides is 2. The van der Waals surface area contributed by atoms with Gasteiger partial charge in [-0.3, -0.25) is 4.79 Å². The van der Waals surface area contributed by atoms with E-state index >= 15 is 0 Å². The molecular formula is C9H8BrF2NO3. The third-order valence-corrected chi connectivity index (χ3v) is 2.18. The van der Waals surface area contributed by atoms with Crippen molar-refractivity contribution in [1.29, 1.82) is 0 Å². The van der Waals surface area contributed by atoms with E-state index in [9.17, 15) is 18.4 Å². The number of H-pyrrole nitrogens is 1. The Morgan fingerprint density at radius 3 is 2.75 bits per heavy atom. The number of esters is 1. The standard InChI is InChI=1S/C9H8BrF2NO3/c1-2-16-9(15)4-3-5(10)13-8(14)6(4)7(11)12/h3,7H,2H2,1H3,(H,13,14). The zero-order chi connectivity index (χ0) is 12.3. The van der Waals surface area contributed by atoms with Gasteiger partial charge < -0.3 is 9.72 Å². The van der Waals surface area contributed by atoms with Crippen molar-refractivity contribution in [2.24, 2.45) is 0 Å². The number of hydrogen-bond acceptors (Lipinski definition) is 3. The van der Waals surface area contributed by atoms with Crippen molar-refractivity contribution in [1.82, 2.24) is 4.98 Å². The summed E-state index contributed by atoms with van der Waals surface area (Å²) in [5.41, 5.74) is -2.30. The number of ether oxygens (including phenoxy) is 1. The fourth-order valence-corrected chi connectivity index (χ4v) is 1.54. The molecule has 1 heterocycles. The molecule has 88 valence electrons. The Kier molecular flexibility index (Phi) is 4.17. The zero-order valence-electron chi connectivity index (χ0n) is 8.22. The number of carbonyl (C=O) groups is 1. The van der Waals surface area contributed by atoms with Gasteiger partial charge in [0.15, 0.2) is 0 Å². The lowest BCUT2D eigenvalue weighted by molar-refractivity contribution is 0.0514. The Balaban J connectivity index is 3.35. The summed E-state index contributed by atoms with van der Waals surface area (Å²) in [7, 11) is 0. The Morgan fingerprint density at radius 2 is 2.25 bits per heavy atom. The van der Waals surface area contributed by atoms with Crippen LogP contribution in [0.25, 0.3) is 0 Å². The van der Waals surface area contributed by atoms with Gasteiger partial charge in [-0.15, -0.1) is 0 Å². The minimum atomic E-state index is -3.03. The average molecular weight is 296 g/mol. The molecule has 0 aliphatic rings. The van der Waals surface area contributed by atoms with Crippen molar-refractivity contribution in [2.75, 3.05) is 6.61 Å². The first kappa shape index (κ1) is 12.8. The summed E-state index contributed by atoms with van der Waals surface area (Å²) in [6.07, 6.45) is -3.03. The molecule has 1 aromatic heterocycles. The quantitative estimate of drug-likeness (QED) is 0.687. The topological polar surface area (TPSA) is 59.2 Å². The fraction of sp³-hybridized carbons (Fsp3) is 0.333. The van der Waals surface area contributed by atoms with Gasteiger partial charge in [0.2, 0.25) is 0 Å². The van der Waals surface area contributed by atoms with E-state index < -0.39 is 29.1 Å².